The molecule has 0 aliphatic carbocycles. The van der Waals surface area contributed by atoms with Crippen molar-refractivity contribution in [3.63, 3.8) is 0 Å². The first-order chi connectivity index (χ1) is 17.2. The number of rotatable bonds is 8. The first-order valence-electron chi connectivity index (χ1n) is 10.1. The maximum Gasteiger partial charge on any atom is 0.433 e. The minimum absolute atomic E-state index is 0.0713. The number of anilines is 1. The molecule has 184 valence electrons. The fraction of sp³-hybridized carbons (Fsp3) is 0.0870. The highest BCUT2D eigenvalue weighted by Crippen LogP contribution is 2.33. The maximum atomic E-state index is 13.3. The summed E-state index contributed by atoms with van der Waals surface area (Å²) in [6.45, 7) is 0. The van der Waals surface area contributed by atoms with E-state index in [0.29, 0.717) is 17.5 Å². The van der Waals surface area contributed by atoms with Crippen molar-refractivity contribution < 1.29 is 32.0 Å². The average Bonchev–Trinajstić information content (AvgIpc) is 3.38. The summed E-state index contributed by atoms with van der Waals surface area (Å²) in [7, 11) is 0. The molecule has 1 amide bonds. The number of para-hydroxylation sites is 1. The smallest absolute Gasteiger partial charge is 0.433 e. The Kier molecular flexibility index (Phi) is 7.20. The van der Waals surface area contributed by atoms with Crippen LogP contribution in [0.15, 0.2) is 82.6 Å². The lowest BCUT2D eigenvalue weighted by Gasteiger charge is -2.10. The highest BCUT2D eigenvalue weighted by atomic mass is 32.2. The van der Waals surface area contributed by atoms with E-state index in [1.165, 1.54) is 30.5 Å². The maximum absolute atomic E-state index is 13.3. The normalized spacial score (nSPS) is 11.2. The monoisotopic (exact) mass is 516 g/mol. The van der Waals surface area contributed by atoms with Crippen LogP contribution in [0.5, 0.6) is 11.5 Å². The zero-order chi connectivity index (χ0) is 25.7. The Labute approximate surface area is 205 Å². The van der Waals surface area contributed by atoms with Gasteiger partial charge >= 0.3 is 6.18 Å². The molecule has 13 heteroatoms. The number of alkyl halides is 3. The first-order valence-corrected chi connectivity index (χ1v) is 11.1. The van der Waals surface area contributed by atoms with Gasteiger partial charge in [0.1, 0.15) is 22.9 Å². The van der Waals surface area contributed by atoms with E-state index in [1.54, 1.807) is 30.3 Å². The van der Waals surface area contributed by atoms with Crippen LogP contribution in [0.4, 0.5) is 24.5 Å². The zero-order valence-corrected chi connectivity index (χ0v) is 18.9. The third kappa shape index (κ3) is 6.39. The van der Waals surface area contributed by atoms with Gasteiger partial charge in [-0.05, 0) is 30.3 Å². The van der Waals surface area contributed by atoms with Gasteiger partial charge in [0, 0.05) is 12.1 Å². The second-order valence-corrected chi connectivity index (χ2v) is 8.06. The van der Waals surface area contributed by atoms with Crippen molar-refractivity contribution in [2.24, 2.45) is 0 Å². The summed E-state index contributed by atoms with van der Waals surface area (Å²) in [4.78, 5) is 30.7. The van der Waals surface area contributed by atoms with Crippen LogP contribution >= 0.6 is 11.8 Å². The summed E-state index contributed by atoms with van der Waals surface area (Å²) in [6.07, 6.45) is -3.44. The van der Waals surface area contributed by atoms with Gasteiger partial charge in [-0.15, -0.1) is 0 Å². The third-order valence-electron chi connectivity index (χ3n) is 4.47. The molecule has 4 aromatic rings. The number of nitrogens with one attached hydrogen (secondary N) is 1. The van der Waals surface area contributed by atoms with Crippen LogP contribution < -0.4 is 10.1 Å². The first kappa shape index (κ1) is 24.7. The predicted octanol–water partition coefficient (Wildman–Crippen LogP) is 6.19. The highest BCUT2D eigenvalue weighted by molar-refractivity contribution is 7.99. The van der Waals surface area contributed by atoms with Gasteiger partial charge in [0.05, 0.1) is 28.7 Å². The number of carbonyl (C=O) groups is 1. The van der Waals surface area contributed by atoms with Crippen molar-refractivity contribution in [2.45, 2.75) is 11.3 Å². The van der Waals surface area contributed by atoms with Crippen LogP contribution in [-0.4, -0.2) is 26.6 Å². The fourth-order valence-electron chi connectivity index (χ4n) is 2.96. The average molecular weight is 516 g/mol. The molecule has 0 radical (unpaired) electrons. The molecule has 0 atom stereocenters. The van der Waals surface area contributed by atoms with E-state index in [4.69, 9.17) is 9.15 Å². The molecule has 0 aliphatic rings. The molecule has 0 saturated carbocycles. The van der Waals surface area contributed by atoms with E-state index in [1.807, 2.05) is 0 Å². The molecule has 0 aliphatic heterocycles. The quantitative estimate of drug-likeness (QED) is 0.127. The van der Waals surface area contributed by atoms with Crippen molar-refractivity contribution >= 4 is 29.0 Å². The molecule has 1 N–H and O–H groups in total. The summed E-state index contributed by atoms with van der Waals surface area (Å²) in [5.41, 5.74) is -1.53. The number of benzene rings is 2. The van der Waals surface area contributed by atoms with Crippen molar-refractivity contribution in [2.75, 3.05) is 11.1 Å². The molecule has 4 rings (SSSR count). The van der Waals surface area contributed by atoms with Crippen molar-refractivity contribution in [1.82, 2.24) is 9.97 Å². The minimum Gasteiger partial charge on any atom is -0.463 e. The number of nitrogens with zero attached hydrogens (tertiary/aromatic N) is 3. The largest absolute Gasteiger partial charge is 0.463 e. The van der Waals surface area contributed by atoms with Crippen LogP contribution in [0.3, 0.4) is 0 Å². The highest BCUT2D eigenvalue weighted by Gasteiger charge is 2.34. The summed E-state index contributed by atoms with van der Waals surface area (Å²) in [5, 5.41) is 13.5. The number of non-ortho nitro benzene ring substituents is 1. The summed E-state index contributed by atoms with van der Waals surface area (Å²) < 4.78 is 50.6. The Bertz CT molecular complexity index is 1380. The molecule has 2 aromatic heterocycles. The number of halogens is 3. The van der Waals surface area contributed by atoms with Crippen LogP contribution in [0.1, 0.15) is 5.69 Å². The second-order valence-electron chi connectivity index (χ2n) is 7.12. The molecule has 0 spiro atoms. The van der Waals surface area contributed by atoms with Crippen molar-refractivity contribution in [3.8, 4) is 23.0 Å². The lowest BCUT2D eigenvalue weighted by molar-refractivity contribution is -0.384. The number of carbonyl (C=O) groups excluding carboxylic acids is 1. The van der Waals surface area contributed by atoms with Crippen LogP contribution in [0.25, 0.3) is 11.5 Å². The molecule has 0 fully saturated rings. The molecule has 0 bridgehead atoms. The summed E-state index contributed by atoms with van der Waals surface area (Å²) in [5.74, 6) is -0.359. The number of furan rings is 1. The molecule has 0 unspecified atom stereocenters. The van der Waals surface area contributed by atoms with Gasteiger partial charge in [0.25, 0.3) is 5.69 Å². The van der Waals surface area contributed by atoms with Gasteiger partial charge in [0.2, 0.25) is 5.91 Å². The number of aromatic nitrogens is 2. The SMILES string of the molecule is O=C(CSc1nc(-c2ccco2)cc(C(F)(F)F)n1)Nc1cc(Oc2ccccc2)cc([N+](=O)[O-])c1. The van der Waals surface area contributed by atoms with E-state index in [-0.39, 0.29) is 39.5 Å². The van der Waals surface area contributed by atoms with E-state index in [9.17, 15) is 28.1 Å². The number of thioether (sulfide) groups is 1. The Balaban J connectivity index is 1.50. The second kappa shape index (κ2) is 10.5. The fourth-order valence-corrected chi connectivity index (χ4v) is 3.62. The topological polar surface area (TPSA) is 120 Å². The lowest BCUT2D eigenvalue weighted by Crippen LogP contribution is -2.15. The lowest BCUT2D eigenvalue weighted by atomic mass is 10.2. The van der Waals surface area contributed by atoms with Gasteiger partial charge in [0.15, 0.2) is 10.9 Å². The van der Waals surface area contributed by atoms with Crippen LogP contribution in [0, 0.1) is 10.1 Å². The van der Waals surface area contributed by atoms with Gasteiger partial charge < -0.3 is 14.5 Å². The van der Waals surface area contributed by atoms with Gasteiger partial charge in [-0.25, -0.2) is 9.97 Å². The Morgan fingerprint density at radius 3 is 2.50 bits per heavy atom. The van der Waals surface area contributed by atoms with E-state index < -0.39 is 22.7 Å². The number of amides is 1. The Hall–Kier alpha value is -4.39. The Morgan fingerprint density at radius 2 is 1.83 bits per heavy atom. The van der Waals surface area contributed by atoms with E-state index in [2.05, 4.69) is 15.3 Å². The van der Waals surface area contributed by atoms with Crippen molar-refractivity contribution in [1.29, 1.82) is 0 Å². The van der Waals surface area contributed by atoms with Gasteiger partial charge in [-0.2, -0.15) is 13.2 Å². The van der Waals surface area contributed by atoms with Crippen LogP contribution in [0.2, 0.25) is 0 Å². The minimum atomic E-state index is -4.74. The van der Waals surface area contributed by atoms with Gasteiger partial charge in [-0.3, -0.25) is 14.9 Å². The summed E-state index contributed by atoms with van der Waals surface area (Å²) >= 11 is 0.666. The molecule has 36 heavy (non-hydrogen) atoms. The number of nitro benzene ring substituents is 1. The predicted molar refractivity (Wildman–Crippen MR) is 124 cm³/mol. The van der Waals surface area contributed by atoms with E-state index in [0.717, 1.165) is 12.1 Å². The van der Waals surface area contributed by atoms with Crippen molar-refractivity contribution in [3.05, 3.63) is 88.8 Å². The molecular formula is C23H15F3N4O5S. The number of nitro groups is 1. The number of ether oxygens (including phenoxy) is 1. The summed E-state index contributed by atoms with van der Waals surface area (Å²) in [6, 6.07) is 15.9. The molecule has 0 saturated heterocycles. The molecule has 2 aromatic carbocycles. The standard InChI is InChI=1S/C23H15F3N4O5S/c24-23(25,26)20-12-18(19-7-4-8-34-19)28-22(29-20)36-13-21(31)27-14-9-15(30(32)33)11-17(10-14)35-16-5-2-1-3-6-16/h1-12H,13H2,(H,27,31). The third-order valence-corrected chi connectivity index (χ3v) is 5.31. The zero-order valence-electron chi connectivity index (χ0n) is 18.1. The van der Waals surface area contributed by atoms with Gasteiger partial charge in [-0.1, -0.05) is 30.0 Å². The molecular weight excluding hydrogens is 501 g/mol. The molecule has 2 heterocycles. The molecule has 9 nitrogen and oxygen atoms in total. The van der Waals surface area contributed by atoms with E-state index >= 15 is 0 Å². The van der Waals surface area contributed by atoms with Crippen LogP contribution in [-0.2, 0) is 11.0 Å². The number of hydrogen-bond donors (Lipinski definition) is 1. The Morgan fingerprint density at radius 1 is 1.06 bits per heavy atom. The number of hydrogen-bond acceptors (Lipinski definition) is 8.